The van der Waals surface area contributed by atoms with Gasteiger partial charge in [-0.05, 0) is 50.5 Å². The zero-order valence-electron chi connectivity index (χ0n) is 9.73. The Balaban J connectivity index is 3.05. The Morgan fingerprint density at radius 1 is 1.40 bits per heavy atom. The van der Waals surface area contributed by atoms with Gasteiger partial charge in [0.05, 0.1) is 12.1 Å². The Labute approximate surface area is 96.4 Å². The highest BCUT2D eigenvalue weighted by Gasteiger charge is 2.15. The Kier molecular flexibility index (Phi) is 3.63. The predicted octanol–water partition coefficient (Wildman–Crippen LogP) is 2.94. The van der Waals surface area contributed by atoms with Crippen LogP contribution >= 0.6 is 11.6 Å². The molecule has 84 valence electrons. The van der Waals surface area contributed by atoms with Crippen molar-refractivity contribution >= 4 is 11.6 Å². The topological polar surface area (TPSA) is 35.2 Å². The van der Waals surface area contributed by atoms with Crippen LogP contribution in [-0.4, -0.2) is 12.6 Å². The van der Waals surface area contributed by atoms with Gasteiger partial charge in [-0.2, -0.15) is 0 Å². The SMILES string of the molecule is COc1cc(C)c(CC(C)(C)N)cc1Cl. The molecule has 0 aromatic heterocycles. The average molecular weight is 228 g/mol. The van der Waals surface area contributed by atoms with Crippen molar-refractivity contribution in [2.45, 2.75) is 32.7 Å². The maximum atomic E-state index is 6.06. The van der Waals surface area contributed by atoms with Gasteiger partial charge in [0.1, 0.15) is 5.75 Å². The molecule has 0 bridgehead atoms. The van der Waals surface area contributed by atoms with Gasteiger partial charge in [-0.3, -0.25) is 0 Å². The molecule has 0 atom stereocenters. The van der Waals surface area contributed by atoms with Crippen LogP contribution in [0.3, 0.4) is 0 Å². The second-order valence-electron chi connectivity index (χ2n) is 4.58. The largest absolute Gasteiger partial charge is 0.495 e. The third-order valence-corrected chi connectivity index (χ3v) is 2.55. The van der Waals surface area contributed by atoms with E-state index in [0.29, 0.717) is 10.8 Å². The van der Waals surface area contributed by atoms with E-state index in [2.05, 4.69) is 0 Å². The number of aryl methyl sites for hydroxylation is 1. The molecule has 0 aliphatic rings. The van der Waals surface area contributed by atoms with Crippen LogP contribution in [0.4, 0.5) is 0 Å². The van der Waals surface area contributed by atoms with E-state index < -0.39 is 0 Å². The molecular formula is C12H18ClNO. The lowest BCUT2D eigenvalue weighted by molar-refractivity contribution is 0.414. The molecule has 0 aliphatic carbocycles. The number of hydrogen-bond acceptors (Lipinski definition) is 2. The minimum atomic E-state index is -0.220. The van der Waals surface area contributed by atoms with E-state index in [1.807, 2.05) is 32.9 Å². The predicted molar refractivity (Wildman–Crippen MR) is 64.7 cm³/mol. The van der Waals surface area contributed by atoms with Crippen molar-refractivity contribution in [3.8, 4) is 5.75 Å². The van der Waals surface area contributed by atoms with Crippen molar-refractivity contribution in [2.24, 2.45) is 5.73 Å². The molecule has 1 aromatic rings. The number of nitrogens with two attached hydrogens (primary N) is 1. The summed E-state index contributed by atoms with van der Waals surface area (Å²) in [4.78, 5) is 0. The second-order valence-corrected chi connectivity index (χ2v) is 4.99. The molecule has 1 aromatic carbocycles. The monoisotopic (exact) mass is 227 g/mol. The first-order valence-corrected chi connectivity index (χ1v) is 5.33. The van der Waals surface area contributed by atoms with Crippen LogP contribution in [0, 0.1) is 6.92 Å². The molecule has 0 amide bonds. The van der Waals surface area contributed by atoms with Crippen LogP contribution < -0.4 is 10.5 Å². The van der Waals surface area contributed by atoms with Gasteiger partial charge in [-0.15, -0.1) is 0 Å². The number of halogens is 1. The summed E-state index contributed by atoms with van der Waals surface area (Å²) < 4.78 is 5.15. The first kappa shape index (κ1) is 12.3. The Bertz CT molecular complexity index is 355. The summed E-state index contributed by atoms with van der Waals surface area (Å²) in [6.07, 6.45) is 0.808. The van der Waals surface area contributed by atoms with Gasteiger partial charge >= 0.3 is 0 Å². The van der Waals surface area contributed by atoms with E-state index in [1.54, 1.807) is 7.11 Å². The molecular weight excluding hydrogens is 210 g/mol. The zero-order valence-corrected chi connectivity index (χ0v) is 10.5. The highest BCUT2D eigenvalue weighted by molar-refractivity contribution is 6.32. The van der Waals surface area contributed by atoms with Crippen molar-refractivity contribution in [1.82, 2.24) is 0 Å². The Morgan fingerprint density at radius 3 is 2.47 bits per heavy atom. The molecule has 3 heteroatoms. The van der Waals surface area contributed by atoms with E-state index in [-0.39, 0.29) is 5.54 Å². The zero-order chi connectivity index (χ0) is 11.6. The molecule has 0 aliphatic heterocycles. The van der Waals surface area contributed by atoms with E-state index in [1.165, 1.54) is 5.56 Å². The molecule has 0 saturated heterocycles. The van der Waals surface area contributed by atoms with Crippen LogP contribution in [0.5, 0.6) is 5.75 Å². The van der Waals surface area contributed by atoms with Gasteiger partial charge in [0.15, 0.2) is 0 Å². The van der Waals surface area contributed by atoms with Crippen LogP contribution in [0.1, 0.15) is 25.0 Å². The molecule has 0 heterocycles. The van der Waals surface area contributed by atoms with Gasteiger partial charge < -0.3 is 10.5 Å². The smallest absolute Gasteiger partial charge is 0.137 e. The van der Waals surface area contributed by atoms with Crippen molar-refractivity contribution in [3.63, 3.8) is 0 Å². The summed E-state index contributed by atoms with van der Waals surface area (Å²) in [6.45, 7) is 6.05. The number of hydrogen-bond donors (Lipinski definition) is 1. The van der Waals surface area contributed by atoms with E-state index >= 15 is 0 Å². The molecule has 1 rings (SSSR count). The molecule has 2 nitrogen and oxygen atoms in total. The molecule has 0 spiro atoms. The molecule has 0 unspecified atom stereocenters. The maximum absolute atomic E-state index is 6.06. The third-order valence-electron chi connectivity index (χ3n) is 2.26. The summed E-state index contributed by atoms with van der Waals surface area (Å²) in [5, 5.41) is 0.641. The summed E-state index contributed by atoms with van der Waals surface area (Å²) in [6, 6.07) is 3.88. The summed E-state index contributed by atoms with van der Waals surface area (Å²) in [5.74, 6) is 0.716. The number of ether oxygens (including phenoxy) is 1. The highest BCUT2D eigenvalue weighted by Crippen LogP contribution is 2.29. The summed E-state index contributed by atoms with van der Waals surface area (Å²) in [7, 11) is 1.62. The van der Waals surface area contributed by atoms with Crippen LogP contribution in [0.15, 0.2) is 12.1 Å². The van der Waals surface area contributed by atoms with Gasteiger partial charge in [0, 0.05) is 5.54 Å². The molecule has 15 heavy (non-hydrogen) atoms. The molecule has 2 N–H and O–H groups in total. The third kappa shape index (κ3) is 3.40. The van der Waals surface area contributed by atoms with Crippen LogP contribution in [0.2, 0.25) is 5.02 Å². The van der Waals surface area contributed by atoms with Crippen molar-refractivity contribution in [2.75, 3.05) is 7.11 Å². The first-order chi connectivity index (χ1) is 6.83. The van der Waals surface area contributed by atoms with Gasteiger partial charge in [0.2, 0.25) is 0 Å². The summed E-state index contributed by atoms with van der Waals surface area (Å²) in [5.41, 5.74) is 8.10. The standard InChI is InChI=1S/C12H18ClNO/c1-8-5-11(15-4)10(13)6-9(8)7-12(2,3)14/h5-6H,7,14H2,1-4H3. The summed E-state index contributed by atoms with van der Waals surface area (Å²) >= 11 is 6.06. The van der Waals surface area contributed by atoms with Crippen molar-refractivity contribution in [3.05, 3.63) is 28.3 Å². The molecule has 0 saturated carbocycles. The molecule has 0 fully saturated rings. The number of benzene rings is 1. The number of rotatable bonds is 3. The lowest BCUT2D eigenvalue weighted by Gasteiger charge is -2.20. The van der Waals surface area contributed by atoms with Gasteiger partial charge in [-0.1, -0.05) is 11.6 Å². The van der Waals surface area contributed by atoms with E-state index in [0.717, 1.165) is 12.0 Å². The van der Waals surface area contributed by atoms with E-state index in [4.69, 9.17) is 22.1 Å². The lowest BCUT2D eigenvalue weighted by atomic mass is 9.93. The minimum Gasteiger partial charge on any atom is -0.495 e. The Hall–Kier alpha value is -0.730. The Morgan fingerprint density at radius 2 is 2.00 bits per heavy atom. The number of methoxy groups -OCH3 is 1. The average Bonchev–Trinajstić information content (AvgIpc) is 2.08. The van der Waals surface area contributed by atoms with Crippen molar-refractivity contribution < 1.29 is 4.74 Å². The molecule has 0 radical (unpaired) electrons. The van der Waals surface area contributed by atoms with Crippen LogP contribution in [0.25, 0.3) is 0 Å². The normalized spacial score (nSPS) is 11.6. The minimum absolute atomic E-state index is 0.220. The quantitative estimate of drug-likeness (QED) is 0.862. The second kappa shape index (κ2) is 4.42. The van der Waals surface area contributed by atoms with Gasteiger partial charge in [-0.25, -0.2) is 0 Å². The van der Waals surface area contributed by atoms with Gasteiger partial charge in [0.25, 0.3) is 0 Å². The highest BCUT2D eigenvalue weighted by atomic mass is 35.5. The lowest BCUT2D eigenvalue weighted by Crippen LogP contribution is -2.34. The fourth-order valence-electron chi connectivity index (χ4n) is 1.53. The van der Waals surface area contributed by atoms with E-state index in [9.17, 15) is 0 Å². The van der Waals surface area contributed by atoms with Crippen molar-refractivity contribution in [1.29, 1.82) is 0 Å². The van der Waals surface area contributed by atoms with Crippen LogP contribution in [-0.2, 0) is 6.42 Å². The maximum Gasteiger partial charge on any atom is 0.137 e. The first-order valence-electron chi connectivity index (χ1n) is 4.95. The fourth-order valence-corrected chi connectivity index (χ4v) is 1.80. The fraction of sp³-hybridized carbons (Fsp3) is 0.500.